The average Bonchev–Trinajstić information content (AvgIpc) is 2.63. The minimum Gasteiger partial charge on any atom is -0.306 e. The highest BCUT2D eigenvalue weighted by Crippen LogP contribution is 2.02. The van der Waals surface area contributed by atoms with E-state index in [2.05, 4.69) is 50.1 Å². The summed E-state index contributed by atoms with van der Waals surface area (Å²) >= 11 is 0. The molecule has 1 heterocycles. The Balaban J connectivity index is 0.000000146. The molecule has 1 heteroatoms. The van der Waals surface area contributed by atoms with Crippen molar-refractivity contribution < 1.29 is 0 Å². The summed E-state index contributed by atoms with van der Waals surface area (Å²) in [5.74, 6) is 0. The lowest BCUT2D eigenvalue weighted by atomic mass is 10.2. The van der Waals surface area contributed by atoms with Crippen LogP contribution in [0.3, 0.4) is 0 Å². The second-order valence-corrected chi connectivity index (χ2v) is 4.17. The van der Waals surface area contributed by atoms with Crippen molar-refractivity contribution in [2.45, 2.75) is 26.7 Å². The largest absolute Gasteiger partial charge is 0.306 e. The van der Waals surface area contributed by atoms with Crippen LogP contribution in [-0.4, -0.2) is 25.0 Å². The van der Waals surface area contributed by atoms with E-state index in [0.29, 0.717) is 0 Å². The molecule has 0 atom stereocenters. The minimum absolute atomic E-state index is 1.32. The maximum absolute atomic E-state index is 2.36. The Morgan fingerprint density at radius 2 is 1.21 bits per heavy atom. The number of nitrogens with zero attached hydrogens (tertiary/aromatic N) is 1. The Morgan fingerprint density at radius 1 is 0.857 bits per heavy atom. The molecule has 1 saturated heterocycles. The van der Waals surface area contributed by atoms with E-state index in [4.69, 9.17) is 0 Å². The zero-order chi connectivity index (χ0) is 10.4. The van der Waals surface area contributed by atoms with Gasteiger partial charge < -0.3 is 4.90 Å². The molecule has 0 aromatic heterocycles. The molecule has 1 aliphatic rings. The normalized spacial score (nSPS) is 16.2. The third-order valence-electron chi connectivity index (χ3n) is 2.55. The molecule has 1 fully saturated rings. The van der Waals surface area contributed by atoms with Gasteiger partial charge in [0.2, 0.25) is 0 Å². The quantitative estimate of drug-likeness (QED) is 0.609. The predicted molar refractivity (Wildman–Crippen MR) is 62.6 cm³/mol. The molecular formula is C13H21N. The lowest BCUT2D eigenvalue weighted by molar-refractivity contribution is 0.418. The number of hydrogen-bond acceptors (Lipinski definition) is 1. The van der Waals surface area contributed by atoms with Gasteiger partial charge in [-0.25, -0.2) is 0 Å². The van der Waals surface area contributed by atoms with E-state index in [1.807, 2.05) is 0 Å². The first-order valence-corrected chi connectivity index (χ1v) is 5.40. The van der Waals surface area contributed by atoms with Crippen LogP contribution in [-0.2, 0) is 0 Å². The van der Waals surface area contributed by atoms with Crippen LogP contribution < -0.4 is 0 Å². The molecule has 0 N–H and O–H groups in total. The Morgan fingerprint density at radius 3 is 1.43 bits per heavy atom. The zero-order valence-electron chi connectivity index (χ0n) is 9.59. The van der Waals surface area contributed by atoms with Gasteiger partial charge in [-0.1, -0.05) is 35.4 Å². The van der Waals surface area contributed by atoms with Gasteiger partial charge in [-0.3, -0.25) is 0 Å². The molecule has 0 saturated carbocycles. The van der Waals surface area contributed by atoms with E-state index in [1.54, 1.807) is 0 Å². The molecule has 2 rings (SSSR count). The molecule has 1 aromatic carbocycles. The second-order valence-electron chi connectivity index (χ2n) is 4.17. The maximum atomic E-state index is 2.36. The smallest absolute Gasteiger partial charge is 0.00213 e. The van der Waals surface area contributed by atoms with Crippen molar-refractivity contribution in [2.75, 3.05) is 20.1 Å². The molecule has 1 nitrogen and oxygen atoms in total. The molecule has 1 aromatic rings. The summed E-state index contributed by atoms with van der Waals surface area (Å²) < 4.78 is 0. The van der Waals surface area contributed by atoms with Crippen molar-refractivity contribution in [3.8, 4) is 0 Å². The number of benzene rings is 1. The van der Waals surface area contributed by atoms with Crippen LogP contribution in [0, 0.1) is 13.8 Å². The zero-order valence-corrected chi connectivity index (χ0v) is 9.59. The predicted octanol–water partition coefficient (Wildman–Crippen LogP) is 3.02. The van der Waals surface area contributed by atoms with Crippen LogP contribution in [0.25, 0.3) is 0 Å². The molecule has 0 unspecified atom stereocenters. The summed E-state index contributed by atoms with van der Waals surface area (Å²) in [6.07, 6.45) is 2.83. The van der Waals surface area contributed by atoms with Crippen LogP contribution in [0.15, 0.2) is 24.3 Å². The molecule has 0 bridgehead atoms. The minimum atomic E-state index is 1.32. The highest BCUT2D eigenvalue weighted by atomic mass is 15.1. The lowest BCUT2D eigenvalue weighted by Crippen LogP contribution is -2.10. The van der Waals surface area contributed by atoms with E-state index in [0.717, 1.165) is 0 Å². The number of rotatable bonds is 0. The molecule has 14 heavy (non-hydrogen) atoms. The molecule has 0 spiro atoms. The van der Waals surface area contributed by atoms with E-state index in [9.17, 15) is 0 Å². The molecule has 0 radical (unpaired) electrons. The van der Waals surface area contributed by atoms with Crippen LogP contribution in [0.1, 0.15) is 24.0 Å². The highest BCUT2D eigenvalue weighted by Gasteiger charge is 2.03. The fourth-order valence-electron chi connectivity index (χ4n) is 1.51. The maximum Gasteiger partial charge on any atom is -0.00213 e. The summed E-state index contributed by atoms with van der Waals surface area (Å²) in [6, 6.07) is 8.48. The second kappa shape index (κ2) is 5.82. The van der Waals surface area contributed by atoms with E-state index < -0.39 is 0 Å². The monoisotopic (exact) mass is 191 g/mol. The molecule has 1 aliphatic heterocycles. The van der Waals surface area contributed by atoms with Crippen LogP contribution in [0.2, 0.25) is 0 Å². The van der Waals surface area contributed by atoms with Gasteiger partial charge in [0.25, 0.3) is 0 Å². The van der Waals surface area contributed by atoms with Crippen LogP contribution in [0.4, 0.5) is 0 Å². The van der Waals surface area contributed by atoms with Gasteiger partial charge in [0, 0.05) is 0 Å². The summed E-state index contributed by atoms with van der Waals surface area (Å²) in [6.45, 7) is 6.83. The van der Waals surface area contributed by atoms with Gasteiger partial charge in [0.1, 0.15) is 0 Å². The topological polar surface area (TPSA) is 3.24 Å². The number of hydrogen-bond donors (Lipinski definition) is 0. The number of likely N-dealkylation sites (tertiary alicyclic amines) is 1. The molecule has 0 amide bonds. The average molecular weight is 191 g/mol. The fourth-order valence-corrected chi connectivity index (χ4v) is 1.51. The molecule has 78 valence electrons. The standard InChI is InChI=1S/C8H10.C5H11N/c1-7-3-5-8(2)6-4-7;1-6-4-2-3-5-6/h3-6H,1-2H3;2-5H2,1H3. The summed E-state index contributed by atoms with van der Waals surface area (Å²) in [5.41, 5.74) is 2.66. The van der Waals surface area contributed by atoms with Gasteiger partial charge in [0.05, 0.1) is 0 Å². The lowest BCUT2D eigenvalue weighted by Gasteiger charge is -2.01. The van der Waals surface area contributed by atoms with Gasteiger partial charge in [-0.2, -0.15) is 0 Å². The van der Waals surface area contributed by atoms with E-state index in [1.165, 1.54) is 37.1 Å². The first kappa shape index (κ1) is 11.3. The van der Waals surface area contributed by atoms with Crippen molar-refractivity contribution in [3.63, 3.8) is 0 Å². The third-order valence-corrected chi connectivity index (χ3v) is 2.55. The first-order valence-electron chi connectivity index (χ1n) is 5.40. The van der Waals surface area contributed by atoms with Crippen LogP contribution >= 0.6 is 0 Å². The third kappa shape index (κ3) is 4.43. The van der Waals surface area contributed by atoms with Crippen molar-refractivity contribution >= 4 is 0 Å². The van der Waals surface area contributed by atoms with Crippen LogP contribution in [0.5, 0.6) is 0 Å². The molecular weight excluding hydrogens is 170 g/mol. The SMILES string of the molecule is CN1CCCC1.Cc1ccc(C)cc1. The Kier molecular flexibility index (Phi) is 4.68. The Labute approximate surface area is 87.7 Å². The first-order chi connectivity index (χ1) is 6.68. The van der Waals surface area contributed by atoms with Gasteiger partial charge >= 0.3 is 0 Å². The van der Waals surface area contributed by atoms with Crippen molar-refractivity contribution in [2.24, 2.45) is 0 Å². The Bertz CT molecular complexity index is 223. The fraction of sp³-hybridized carbons (Fsp3) is 0.538. The summed E-state index contributed by atoms with van der Waals surface area (Å²) in [4.78, 5) is 2.36. The Hall–Kier alpha value is -0.820. The highest BCUT2D eigenvalue weighted by molar-refractivity contribution is 5.19. The van der Waals surface area contributed by atoms with E-state index >= 15 is 0 Å². The van der Waals surface area contributed by atoms with Gasteiger partial charge in [-0.15, -0.1) is 0 Å². The number of aryl methyl sites for hydroxylation is 2. The summed E-state index contributed by atoms with van der Waals surface area (Å²) in [7, 11) is 2.17. The van der Waals surface area contributed by atoms with Gasteiger partial charge in [0.15, 0.2) is 0 Å². The van der Waals surface area contributed by atoms with Crippen molar-refractivity contribution in [3.05, 3.63) is 35.4 Å². The van der Waals surface area contributed by atoms with Crippen molar-refractivity contribution in [1.29, 1.82) is 0 Å². The molecule has 0 aliphatic carbocycles. The van der Waals surface area contributed by atoms with Gasteiger partial charge in [-0.05, 0) is 46.8 Å². The summed E-state index contributed by atoms with van der Waals surface area (Å²) in [5, 5.41) is 0. The van der Waals surface area contributed by atoms with Crippen molar-refractivity contribution in [1.82, 2.24) is 4.90 Å². The van der Waals surface area contributed by atoms with E-state index in [-0.39, 0.29) is 0 Å².